The summed E-state index contributed by atoms with van der Waals surface area (Å²) in [6, 6.07) is 16.7. The van der Waals surface area contributed by atoms with E-state index in [1.807, 2.05) is 54.6 Å². The van der Waals surface area contributed by atoms with Gasteiger partial charge in [-0.25, -0.2) is 4.79 Å². The van der Waals surface area contributed by atoms with Crippen molar-refractivity contribution < 1.29 is 9.59 Å². The Hall–Kier alpha value is -2.78. The number of hydrogen-bond acceptors (Lipinski definition) is 5. The average Bonchev–Trinajstić information content (AvgIpc) is 3.43. The Kier molecular flexibility index (Phi) is 6.39. The average molecular weight is 486 g/mol. The number of urea groups is 1. The molecule has 7 nitrogen and oxygen atoms in total. The summed E-state index contributed by atoms with van der Waals surface area (Å²) >= 11 is 4.72. The summed E-state index contributed by atoms with van der Waals surface area (Å²) in [4.78, 5) is 27.0. The van der Waals surface area contributed by atoms with Crippen LogP contribution in [-0.2, 0) is 11.3 Å². The van der Waals surface area contributed by atoms with E-state index >= 15 is 0 Å². The molecular weight excluding hydrogens is 466 g/mol. The Morgan fingerprint density at radius 2 is 1.87 bits per heavy atom. The molecule has 2 heterocycles. The number of nitrogens with one attached hydrogen (secondary N) is 2. The van der Waals surface area contributed by atoms with Gasteiger partial charge in [0.15, 0.2) is 0 Å². The van der Waals surface area contributed by atoms with E-state index in [1.54, 1.807) is 4.90 Å². The SMILES string of the molecule is O=C(Nc1nnc(-c2ccc(Br)cc2)s1)C1CCCN1C(=O)NCc1ccccc1. The zero-order valence-corrected chi connectivity index (χ0v) is 18.4. The molecule has 1 atom stereocenters. The van der Waals surface area contributed by atoms with Crippen molar-refractivity contribution >= 4 is 44.3 Å². The van der Waals surface area contributed by atoms with Gasteiger partial charge in [-0.05, 0) is 30.5 Å². The van der Waals surface area contributed by atoms with E-state index in [4.69, 9.17) is 0 Å². The topological polar surface area (TPSA) is 87.2 Å². The van der Waals surface area contributed by atoms with Crippen molar-refractivity contribution in [3.63, 3.8) is 0 Å². The second-order valence-corrected chi connectivity index (χ2v) is 8.80. The van der Waals surface area contributed by atoms with E-state index in [2.05, 4.69) is 36.8 Å². The van der Waals surface area contributed by atoms with Crippen LogP contribution >= 0.6 is 27.3 Å². The first-order valence-corrected chi connectivity index (χ1v) is 11.2. The van der Waals surface area contributed by atoms with Gasteiger partial charge in [-0.15, -0.1) is 10.2 Å². The minimum Gasteiger partial charge on any atom is -0.334 e. The largest absolute Gasteiger partial charge is 0.334 e. The number of carbonyl (C=O) groups is 2. The lowest BCUT2D eigenvalue weighted by Gasteiger charge is -2.23. The zero-order chi connectivity index (χ0) is 20.9. The zero-order valence-electron chi connectivity index (χ0n) is 16.0. The maximum absolute atomic E-state index is 12.8. The van der Waals surface area contributed by atoms with Gasteiger partial charge in [-0.3, -0.25) is 10.1 Å². The number of amides is 3. The summed E-state index contributed by atoms with van der Waals surface area (Å²) in [6.45, 7) is 0.983. The van der Waals surface area contributed by atoms with Crippen LogP contribution in [0.15, 0.2) is 59.1 Å². The highest BCUT2D eigenvalue weighted by Gasteiger charge is 2.34. The Bertz CT molecular complexity index is 1030. The molecule has 3 amide bonds. The van der Waals surface area contributed by atoms with Crippen LogP contribution in [0.2, 0.25) is 0 Å². The number of anilines is 1. The maximum atomic E-state index is 12.8. The Morgan fingerprint density at radius 1 is 1.10 bits per heavy atom. The Balaban J connectivity index is 1.36. The van der Waals surface area contributed by atoms with Crippen LogP contribution in [-0.4, -0.2) is 39.6 Å². The quantitative estimate of drug-likeness (QED) is 0.564. The lowest BCUT2D eigenvalue weighted by Crippen LogP contribution is -2.47. The highest BCUT2D eigenvalue weighted by molar-refractivity contribution is 9.10. The molecule has 9 heteroatoms. The first kappa shape index (κ1) is 20.5. The minimum absolute atomic E-state index is 0.232. The second-order valence-electron chi connectivity index (χ2n) is 6.90. The molecule has 0 saturated carbocycles. The van der Waals surface area contributed by atoms with Crippen molar-refractivity contribution in [1.82, 2.24) is 20.4 Å². The van der Waals surface area contributed by atoms with Crippen LogP contribution < -0.4 is 10.6 Å². The van der Waals surface area contributed by atoms with Crippen LogP contribution in [0.25, 0.3) is 10.6 Å². The van der Waals surface area contributed by atoms with Crippen molar-refractivity contribution in [2.24, 2.45) is 0 Å². The van der Waals surface area contributed by atoms with Gasteiger partial charge < -0.3 is 10.2 Å². The van der Waals surface area contributed by atoms with Gasteiger partial charge in [-0.1, -0.05) is 69.7 Å². The van der Waals surface area contributed by atoms with Gasteiger partial charge in [0.2, 0.25) is 11.0 Å². The fourth-order valence-electron chi connectivity index (χ4n) is 3.33. The number of benzene rings is 2. The summed E-state index contributed by atoms with van der Waals surface area (Å²) in [7, 11) is 0. The molecule has 0 spiro atoms. The lowest BCUT2D eigenvalue weighted by molar-refractivity contribution is -0.119. The number of nitrogens with zero attached hydrogens (tertiary/aromatic N) is 3. The summed E-state index contributed by atoms with van der Waals surface area (Å²) in [6.07, 6.45) is 1.42. The third-order valence-electron chi connectivity index (χ3n) is 4.85. The number of carbonyl (C=O) groups excluding carboxylic acids is 2. The Labute approximate surface area is 186 Å². The monoisotopic (exact) mass is 485 g/mol. The first-order valence-electron chi connectivity index (χ1n) is 9.59. The van der Waals surface area contributed by atoms with E-state index in [-0.39, 0.29) is 11.9 Å². The highest BCUT2D eigenvalue weighted by Crippen LogP contribution is 2.28. The van der Waals surface area contributed by atoms with Gasteiger partial charge in [0, 0.05) is 23.1 Å². The fourth-order valence-corrected chi connectivity index (χ4v) is 4.35. The third-order valence-corrected chi connectivity index (χ3v) is 6.27. The van der Waals surface area contributed by atoms with Crippen molar-refractivity contribution in [3.8, 4) is 10.6 Å². The van der Waals surface area contributed by atoms with E-state index < -0.39 is 6.04 Å². The standard InChI is InChI=1S/C21H20BrN5O2S/c22-16-10-8-15(9-11-16)19-25-26-20(30-19)24-18(28)17-7-4-12-27(17)21(29)23-13-14-5-2-1-3-6-14/h1-3,5-6,8-11,17H,4,7,12-13H2,(H,23,29)(H,24,26,28). The van der Waals surface area contributed by atoms with Crippen LogP contribution in [0, 0.1) is 0 Å². The molecule has 0 bridgehead atoms. The molecule has 30 heavy (non-hydrogen) atoms. The molecule has 1 unspecified atom stereocenters. The molecule has 154 valence electrons. The van der Waals surface area contributed by atoms with Crippen molar-refractivity contribution in [2.45, 2.75) is 25.4 Å². The van der Waals surface area contributed by atoms with Crippen molar-refractivity contribution in [3.05, 3.63) is 64.6 Å². The molecule has 2 N–H and O–H groups in total. The van der Waals surface area contributed by atoms with Crippen LogP contribution in [0.5, 0.6) is 0 Å². The van der Waals surface area contributed by atoms with Crippen LogP contribution in [0.4, 0.5) is 9.93 Å². The summed E-state index contributed by atoms with van der Waals surface area (Å²) < 4.78 is 0.983. The first-order chi connectivity index (χ1) is 14.6. The van der Waals surface area contributed by atoms with Gasteiger partial charge in [0.05, 0.1) is 0 Å². The Morgan fingerprint density at radius 3 is 2.63 bits per heavy atom. The van der Waals surface area contributed by atoms with E-state index in [1.165, 1.54) is 11.3 Å². The van der Waals surface area contributed by atoms with Crippen molar-refractivity contribution in [1.29, 1.82) is 0 Å². The molecular formula is C21H20BrN5O2S. The van der Waals surface area contributed by atoms with Gasteiger partial charge >= 0.3 is 6.03 Å². The van der Waals surface area contributed by atoms with Crippen molar-refractivity contribution in [2.75, 3.05) is 11.9 Å². The molecule has 1 fully saturated rings. The smallest absolute Gasteiger partial charge is 0.318 e. The van der Waals surface area contributed by atoms with Gasteiger partial charge in [0.25, 0.3) is 0 Å². The molecule has 1 aromatic heterocycles. The molecule has 0 aliphatic carbocycles. The number of halogens is 1. The fraction of sp³-hybridized carbons (Fsp3) is 0.238. The van der Waals surface area contributed by atoms with Crippen LogP contribution in [0.1, 0.15) is 18.4 Å². The van der Waals surface area contributed by atoms with E-state index in [0.717, 1.165) is 27.0 Å². The lowest BCUT2D eigenvalue weighted by atomic mass is 10.2. The number of rotatable bonds is 5. The predicted molar refractivity (Wildman–Crippen MR) is 120 cm³/mol. The summed E-state index contributed by atoms with van der Waals surface area (Å²) in [5, 5.41) is 15.1. The summed E-state index contributed by atoms with van der Waals surface area (Å²) in [5.74, 6) is -0.235. The number of hydrogen-bond donors (Lipinski definition) is 2. The number of likely N-dealkylation sites (tertiary alicyclic amines) is 1. The maximum Gasteiger partial charge on any atom is 0.318 e. The predicted octanol–water partition coefficient (Wildman–Crippen LogP) is 4.28. The van der Waals surface area contributed by atoms with E-state index in [9.17, 15) is 9.59 Å². The molecule has 1 aliphatic heterocycles. The van der Waals surface area contributed by atoms with Gasteiger partial charge in [0.1, 0.15) is 11.0 Å². The molecule has 1 saturated heterocycles. The molecule has 3 aromatic rings. The van der Waals surface area contributed by atoms with Gasteiger partial charge in [-0.2, -0.15) is 0 Å². The molecule has 1 aliphatic rings. The molecule has 4 rings (SSSR count). The minimum atomic E-state index is -0.513. The molecule has 0 radical (unpaired) electrons. The number of aromatic nitrogens is 2. The second kappa shape index (κ2) is 9.36. The normalized spacial score (nSPS) is 15.8. The van der Waals surface area contributed by atoms with Crippen LogP contribution in [0.3, 0.4) is 0 Å². The van der Waals surface area contributed by atoms with E-state index in [0.29, 0.717) is 24.6 Å². The summed E-state index contributed by atoms with van der Waals surface area (Å²) in [5.41, 5.74) is 1.94. The molecule has 2 aromatic carbocycles. The highest BCUT2D eigenvalue weighted by atomic mass is 79.9. The third kappa shape index (κ3) is 4.85.